The van der Waals surface area contributed by atoms with Crippen LogP contribution in [0.2, 0.25) is 0 Å². The Morgan fingerprint density at radius 1 is 1.41 bits per heavy atom. The van der Waals surface area contributed by atoms with E-state index in [4.69, 9.17) is 11.5 Å². The van der Waals surface area contributed by atoms with E-state index in [1.807, 2.05) is 0 Å². The predicted molar refractivity (Wildman–Crippen MR) is 55.5 cm³/mol. The molecule has 0 aliphatic heterocycles. The first-order valence-corrected chi connectivity index (χ1v) is 4.64. The molecule has 1 atom stereocenters. The summed E-state index contributed by atoms with van der Waals surface area (Å²) in [5.41, 5.74) is 10.4. The summed E-state index contributed by atoms with van der Waals surface area (Å²) in [6, 6.07) is 3.59. The molecule has 0 spiro atoms. The third-order valence-electron chi connectivity index (χ3n) is 2.06. The first kappa shape index (κ1) is 13.1. The van der Waals surface area contributed by atoms with E-state index in [9.17, 15) is 18.0 Å². The van der Waals surface area contributed by atoms with Gasteiger partial charge in [-0.1, -0.05) is 0 Å². The van der Waals surface area contributed by atoms with Crippen molar-refractivity contribution in [3.05, 3.63) is 23.8 Å². The smallest absolute Gasteiger partial charge is 0.425 e. The van der Waals surface area contributed by atoms with Crippen LogP contribution in [0, 0.1) is 0 Å². The summed E-state index contributed by atoms with van der Waals surface area (Å²) in [6.45, 7) is 0.861. The number of carbonyl (C=O) groups is 1. The average Bonchev–Trinajstić information content (AvgIpc) is 2.19. The van der Waals surface area contributed by atoms with Crippen molar-refractivity contribution < 1.29 is 22.7 Å². The number of ether oxygens (including phenoxy) is 1. The minimum atomic E-state index is -4.48. The number of primary amides is 1. The normalized spacial score (nSPS) is 13.2. The summed E-state index contributed by atoms with van der Waals surface area (Å²) in [7, 11) is 0. The Balaban J connectivity index is 2.94. The van der Waals surface area contributed by atoms with Crippen LogP contribution in [0.15, 0.2) is 18.2 Å². The maximum absolute atomic E-state index is 12.2. The van der Waals surface area contributed by atoms with E-state index in [1.54, 1.807) is 0 Å². The highest BCUT2D eigenvalue weighted by molar-refractivity contribution is 5.98. The maximum Gasteiger partial charge on any atom is 0.425 e. The van der Waals surface area contributed by atoms with Crippen molar-refractivity contribution >= 4 is 11.6 Å². The number of nitrogens with two attached hydrogens (primary N) is 2. The fourth-order valence-corrected chi connectivity index (χ4v) is 1.09. The van der Waals surface area contributed by atoms with Gasteiger partial charge >= 0.3 is 6.18 Å². The van der Waals surface area contributed by atoms with Gasteiger partial charge in [0.25, 0.3) is 5.91 Å². The molecule has 0 aromatic heterocycles. The van der Waals surface area contributed by atoms with Crippen LogP contribution in [0.3, 0.4) is 0 Å². The molecule has 94 valence electrons. The van der Waals surface area contributed by atoms with Gasteiger partial charge in [-0.15, -0.1) is 0 Å². The molecule has 0 radical (unpaired) electrons. The molecule has 0 aliphatic carbocycles. The average molecular weight is 248 g/mol. The molecular formula is C10H11F3N2O2. The van der Waals surface area contributed by atoms with Gasteiger partial charge in [-0.3, -0.25) is 4.79 Å². The molecule has 0 saturated heterocycles. The fourth-order valence-electron chi connectivity index (χ4n) is 1.09. The summed E-state index contributed by atoms with van der Waals surface area (Å²) in [6.07, 6.45) is -6.46. The molecule has 1 rings (SSSR count). The zero-order valence-corrected chi connectivity index (χ0v) is 8.91. The molecule has 0 saturated carbocycles. The van der Waals surface area contributed by atoms with Crippen molar-refractivity contribution in [3.8, 4) is 5.75 Å². The molecule has 1 amide bonds. The van der Waals surface area contributed by atoms with Crippen molar-refractivity contribution in [1.29, 1.82) is 0 Å². The van der Waals surface area contributed by atoms with Gasteiger partial charge in [-0.2, -0.15) is 13.2 Å². The molecule has 0 bridgehead atoms. The lowest BCUT2D eigenvalue weighted by atomic mass is 10.1. The molecule has 0 fully saturated rings. The number of nitrogen functional groups attached to an aromatic ring is 1. The Morgan fingerprint density at radius 2 is 2.00 bits per heavy atom. The lowest BCUT2D eigenvalue weighted by molar-refractivity contribution is -0.189. The van der Waals surface area contributed by atoms with Gasteiger partial charge in [0, 0.05) is 5.69 Å². The quantitative estimate of drug-likeness (QED) is 0.799. The van der Waals surface area contributed by atoms with Crippen LogP contribution in [0.1, 0.15) is 17.3 Å². The number of anilines is 1. The summed E-state index contributed by atoms with van der Waals surface area (Å²) >= 11 is 0. The number of alkyl halides is 3. The SMILES string of the molecule is CC(Oc1ccc(N)c(C(N)=O)c1)C(F)(F)F. The minimum absolute atomic E-state index is 0.0723. The van der Waals surface area contributed by atoms with Crippen molar-refractivity contribution in [2.75, 3.05) is 5.73 Å². The van der Waals surface area contributed by atoms with Gasteiger partial charge in [-0.25, -0.2) is 0 Å². The second-order valence-corrected chi connectivity index (χ2v) is 3.41. The number of amides is 1. The van der Waals surface area contributed by atoms with Crippen LogP contribution >= 0.6 is 0 Å². The first-order chi connectivity index (χ1) is 7.71. The largest absolute Gasteiger partial charge is 0.481 e. The molecule has 4 N–H and O–H groups in total. The standard InChI is InChI=1S/C10H11F3N2O2/c1-5(10(11,12)13)17-6-2-3-8(14)7(4-6)9(15)16/h2-5H,14H2,1H3,(H2,15,16). The number of carbonyl (C=O) groups excluding carboxylic acids is 1. The van der Waals surface area contributed by atoms with Gasteiger partial charge in [0.05, 0.1) is 5.56 Å². The Hall–Kier alpha value is -1.92. The van der Waals surface area contributed by atoms with Gasteiger partial charge in [0.1, 0.15) is 5.75 Å². The number of hydrogen-bond donors (Lipinski definition) is 2. The lowest BCUT2D eigenvalue weighted by Gasteiger charge is -2.18. The number of benzene rings is 1. The topological polar surface area (TPSA) is 78.3 Å². The van der Waals surface area contributed by atoms with Crippen LogP contribution < -0.4 is 16.2 Å². The second-order valence-electron chi connectivity index (χ2n) is 3.41. The fraction of sp³-hybridized carbons (Fsp3) is 0.300. The van der Waals surface area contributed by atoms with Gasteiger partial charge < -0.3 is 16.2 Å². The highest BCUT2D eigenvalue weighted by Crippen LogP contribution is 2.26. The van der Waals surface area contributed by atoms with Crippen molar-refractivity contribution in [1.82, 2.24) is 0 Å². The molecule has 1 aromatic carbocycles. The van der Waals surface area contributed by atoms with Gasteiger partial charge in [0.15, 0.2) is 6.10 Å². The summed E-state index contributed by atoms with van der Waals surface area (Å²) < 4.78 is 41.3. The van der Waals surface area contributed by atoms with E-state index in [-0.39, 0.29) is 17.0 Å². The summed E-state index contributed by atoms with van der Waals surface area (Å²) in [4.78, 5) is 10.9. The molecule has 4 nitrogen and oxygen atoms in total. The van der Waals surface area contributed by atoms with Crippen LogP contribution in [0.25, 0.3) is 0 Å². The Labute approximate surface area is 95.3 Å². The van der Waals surface area contributed by atoms with Crippen molar-refractivity contribution in [2.45, 2.75) is 19.2 Å². The summed E-state index contributed by atoms with van der Waals surface area (Å²) in [5, 5.41) is 0. The molecule has 0 heterocycles. The minimum Gasteiger partial charge on any atom is -0.481 e. The lowest BCUT2D eigenvalue weighted by Crippen LogP contribution is -2.31. The number of rotatable bonds is 3. The Kier molecular flexibility index (Phi) is 3.50. The van der Waals surface area contributed by atoms with Crippen LogP contribution in [0.4, 0.5) is 18.9 Å². The van der Waals surface area contributed by atoms with E-state index >= 15 is 0 Å². The molecule has 1 aromatic rings. The zero-order chi connectivity index (χ0) is 13.2. The molecule has 17 heavy (non-hydrogen) atoms. The molecule has 0 aliphatic rings. The molecular weight excluding hydrogens is 237 g/mol. The zero-order valence-electron chi connectivity index (χ0n) is 8.91. The number of hydrogen-bond acceptors (Lipinski definition) is 3. The van der Waals surface area contributed by atoms with Crippen molar-refractivity contribution in [2.24, 2.45) is 5.73 Å². The van der Waals surface area contributed by atoms with E-state index in [1.165, 1.54) is 12.1 Å². The van der Waals surface area contributed by atoms with E-state index < -0.39 is 18.2 Å². The first-order valence-electron chi connectivity index (χ1n) is 4.64. The van der Waals surface area contributed by atoms with Crippen LogP contribution in [-0.2, 0) is 0 Å². The summed E-state index contributed by atoms with van der Waals surface area (Å²) in [5.74, 6) is -0.939. The van der Waals surface area contributed by atoms with Gasteiger partial charge in [-0.05, 0) is 25.1 Å². The number of halogens is 3. The highest BCUT2D eigenvalue weighted by atomic mass is 19.4. The highest BCUT2D eigenvalue weighted by Gasteiger charge is 2.38. The third-order valence-corrected chi connectivity index (χ3v) is 2.06. The van der Waals surface area contributed by atoms with Crippen LogP contribution in [0.5, 0.6) is 5.75 Å². The van der Waals surface area contributed by atoms with Crippen LogP contribution in [-0.4, -0.2) is 18.2 Å². The van der Waals surface area contributed by atoms with E-state index in [0.29, 0.717) is 0 Å². The van der Waals surface area contributed by atoms with Crippen molar-refractivity contribution in [3.63, 3.8) is 0 Å². The molecule has 7 heteroatoms. The Bertz CT molecular complexity index is 432. The predicted octanol–water partition coefficient (Wildman–Crippen LogP) is 1.70. The maximum atomic E-state index is 12.2. The Morgan fingerprint density at radius 3 is 2.47 bits per heavy atom. The third kappa shape index (κ3) is 3.27. The van der Waals surface area contributed by atoms with E-state index in [0.717, 1.165) is 13.0 Å². The second kappa shape index (κ2) is 4.52. The monoisotopic (exact) mass is 248 g/mol. The molecule has 1 unspecified atom stereocenters. The van der Waals surface area contributed by atoms with Gasteiger partial charge in [0.2, 0.25) is 0 Å². The van der Waals surface area contributed by atoms with E-state index in [2.05, 4.69) is 4.74 Å².